The van der Waals surface area contributed by atoms with Gasteiger partial charge in [-0.15, -0.1) is 0 Å². The number of hydrogen-bond acceptors (Lipinski definition) is 5. The van der Waals surface area contributed by atoms with Crippen LogP contribution in [0.4, 0.5) is 0 Å². The summed E-state index contributed by atoms with van der Waals surface area (Å²) in [6, 6.07) is 11.0. The van der Waals surface area contributed by atoms with Gasteiger partial charge < -0.3 is 14.9 Å². The average Bonchev–Trinajstić information content (AvgIpc) is 2.98. The molecule has 0 amide bonds. The summed E-state index contributed by atoms with van der Waals surface area (Å²) in [5, 5.41) is 8.02. The molecule has 0 saturated heterocycles. The molecule has 1 aromatic heterocycles. The first-order valence-electron chi connectivity index (χ1n) is 8.09. The van der Waals surface area contributed by atoms with Gasteiger partial charge in [0.05, 0.1) is 13.7 Å². The van der Waals surface area contributed by atoms with Crippen LogP contribution in [0.25, 0.3) is 0 Å². The van der Waals surface area contributed by atoms with Crippen molar-refractivity contribution in [3.05, 3.63) is 68.2 Å². The lowest BCUT2D eigenvalue weighted by molar-refractivity contribution is 0.284. The predicted molar refractivity (Wildman–Crippen MR) is 109 cm³/mol. The van der Waals surface area contributed by atoms with E-state index in [2.05, 4.69) is 15.6 Å². The second kappa shape index (κ2) is 8.65. The molecule has 1 heterocycles. The predicted octanol–water partition coefficient (Wildman–Crippen LogP) is 4.89. The van der Waals surface area contributed by atoms with Gasteiger partial charge in [0.2, 0.25) is 4.77 Å². The van der Waals surface area contributed by atoms with E-state index in [0.29, 0.717) is 39.5 Å². The summed E-state index contributed by atoms with van der Waals surface area (Å²) in [5.74, 6) is 1.89. The van der Waals surface area contributed by atoms with Crippen molar-refractivity contribution in [3.8, 4) is 11.5 Å². The number of methoxy groups -OCH3 is 1. The van der Waals surface area contributed by atoms with Crippen molar-refractivity contribution in [1.82, 2.24) is 14.9 Å². The van der Waals surface area contributed by atoms with E-state index in [4.69, 9.17) is 44.9 Å². The highest BCUT2D eigenvalue weighted by atomic mass is 35.5. The Bertz CT molecular complexity index is 986. The minimum atomic E-state index is 0.380. The summed E-state index contributed by atoms with van der Waals surface area (Å²) in [5.41, 5.74) is 5.01. The molecular weight excluding hydrogens is 407 g/mol. The van der Waals surface area contributed by atoms with Crippen molar-refractivity contribution in [1.29, 1.82) is 0 Å². The van der Waals surface area contributed by atoms with Crippen LogP contribution in [0.15, 0.2) is 36.4 Å². The lowest BCUT2D eigenvalue weighted by atomic mass is 10.2. The molecule has 0 aliphatic heterocycles. The Morgan fingerprint density at radius 3 is 2.56 bits per heavy atom. The third kappa shape index (κ3) is 4.74. The van der Waals surface area contributed by atoms with Gasteiger partial charge in [-0.1, -0.05) is 35.3 Å². The molecule has 142 valence electrons. The third-order valence-corrected chi connectivity index (χ3v) is 4.79. The molecule has 3 aromatic rings. The molecule has 0 saturated carbocycles. The molecule has 0 aliphatic carbocycles. The zero-order chi connectivity index (χ0) is 19.4. The van der Waals surface area contributed by atoms with E-state index in [9.17, 15) is 0 Å². The van der Waals surface area contributed by atoms with Crippen LogP contribution in [0.5, 0.6) is 11.5 Å². The van der Waals surface area contributed by atoms with Crippen molar-refractivity contribution in [2.45, 2.75) is 20.1 Å². The van der Waals surface area contributed by atoms with Crippen LogP contribution >= 0.6 is 35.4 Å². The van der Waals surface area contributed by atoms with E-state index in [1.165, 1.54) is 0 Å². The number of aromatic nitrogens is 3. The first kappa shape index (κ1) is 19.5. The first-order valence-corrected chi connectivity index (χ1v) is 9.26. The van der Waals surface area contributed by atoms with Gasteiger partial charge in [-0.25, -0.2) is 4.68 Å². The van der Waals surface area contributed by atoms with E-state index in [-0.39, 0.29) is 0 Å². The van der Waals surface area contributed by atoms with Crippen molar-refractivity contribution in [3.63, 3.8) is 0 Å². The van der Waals surface area contributed by atoms with Crippen LogP contribution in [0.3, 0.4) is 0 Å². The Morgan fingerprint density at radius 1 is 1.19 bits per heavy atom. The van der Waals surface area contributed by atoms with Crippen molar-refractivity contribution < 1.29 is 9.47 Å². The van der Waals surface area contributed by atoms with Gasteiger partial charge in [-0.2, -0.15) is 5.10 Å². The van der Waals surface area contributed by atoms with Gasteiger partial charge in [0.15, 0.2) is 11.5 Å². The van der Waals surface area contributed by atoms with Crippen LogP contribution < -0.4 is 14.9 Å². The summed E-state index contributed by atoms with van der Waals surface area (Å²) in [6.45, 7) is 2.67. The molecule has 3 rings (SSSR count). The summed E-state index contributed by atoms with van der Waals surface area (Å²) < 4.78 is 13.5. The molecule has 0 unspecified atom stereocenters. The van der Waals surface area contributed by atoms with Crippen molar-refractivity contribution in [2.75, 3.05) is 12.5 Å². The zero-order valence-corrected chi connectivity index (χ0v) is 17.1. The Balaban J connectivity index is 1.74. The standard InChI is InChI=1S/C18H18Cl2N4O2S/c1-11-22-23-18(27)24(11)21-9-13-7-16(25-2)17(8-15(13)20)26-10-12-3-5-14(19)6-4-12/h3-8,21H,9-10H2,1-2H3,(H,23,27). The monoisotopic (exact) mass is 424 g/mol. The highest BCUT2D eigenvalue weighted by molar-refractivity contribution is 7.71. The largest absolute Gasteiger partial charge is 0.493 e. The van der Waals surface area contributed by atoms with E-state index >= 15 is 0 Å². The minimum Gasteiger partial charge on any atom is -0.493 e. The van der Waals surface area contributed by atoms with Gasteiger partial charge >= 0.3 is 0 Å². The molecule has 9 heteroatoms. The van der Waals surface area contributed by atoms with Gasteiger partial charge in [0.25, 0.3) is 0 Å². The van der Waals surface area contributed by atoms with Crippen LogP contribution in [0.2, 0.25) is 10.0 Å². The van der Waals surface area contributed by atoms with Gasteiger partial charge in [0.1, 0.15) is 12.4 Å². The lowest BCUT2D eigenvalue weighted by Crippen LogP contribution is -2.16. The second-order valence-electron chi connectivity index (χ2n) is 5.76. The molecule has 2 aromatic carbocycles. The maximum Gasteiger partial charge on any atom is 0.214 e. The first-order chi connectivity index (χ1) is 13.0. The Hall–Kier alpha value is -2.22. The summed E-state index contributed by atoms with van der Waals surface area (Å²) >= 11 is 17.5. The summed E-state index contributed by atoms with van der Waals surface area (Å²) in [7, 11) is 1.59. The highest BCUT2D eigenvalue weighted by Crippen LogP contribution is 2.34. The van der Waals surface area contributed by atoms with Crippen molar-refractivity contribution in [2.24, 2.45) is 0 Å². The third-order valence-electron chi connectivity index (χ3n) is 3.91. The number of H-pyrrole nitrogens is 1. The fourth-order valence-electron chi connectivity index (χ4n) is 2.45. The minimum absolute atomic E-state index is 0.380. The number of aryl methyl sites for hydroxylation is 1. The molecule has 0 radical (unpaired) electrons. The Kier molecular flexibility index (Phi) is 6.26. The van der Waals surface area contributed by atoms with E-state index in [1.807, 2.05) is 37.3 Å². The Morgan fingerprint density at radius 2 is 1.93 bits per heavy atom. The molecule has 0 aliphatic rings. The lowest BCUT2D eigenvalue weighted by Gasteiger charge is -2.15. The fourth-order valence-corrected chi connectivity index (χ4v) is 3.04. The maximum atomic E-state index is 6.43. The molecule has 2 N–H and O–H groups in total. The molecule has 0 spiro atoms. The number of halogens is 2. The molecule has 0 bridgehead atoms. The van der Waals surface area contributed by atoms with Crippen LogP contribution in [0, 0.1) is 11.7 Å². The van der Waals surface area contributed by atoms with E-state index < -0.39 is 0 Å². The second-order valence-corrected chi connectivity index (χ2v) is 6.99. The normalized spacial score (nSPS) is 10.7. The summed E-state index contributed by atoms with van der Waals surface area (Å²) in [6.07, 6.45) is 0. The topological polar surface area (TPSA) is 64.1 Å². The maximum absolute atomic E-state index is 6.43. The zero-order valence-electron chi connectivity index (χ0n) is 14.8. The van der Waals surface area contributed by atoms with Crippen LogP contribution in [-0.2, 0) is 13.2 Å². The number of nitrogens with zero attached hydrogens (tertiary/aromatic N) is 2. The van der Waals surface area contributed by atoms with Gasteiger partial charge in [-0.05, 0) is 48.5 Å². The van der Waals surface area contributed by atoms with E-state index in [0.717, 1.165) is 17.0 Å². The number of hydrogen-bond donors (Lipinski definition) is 2. The quantitative estimate of drug-likeness (QED) is 0.528. The fraction of sp³-hybridized carbons (Fsp3) is 0.222. The van der Waals surface area contributed by atoms with Gasteiger partial charge in [0, 0.05) is 16.1 Å². The number of benzene rings is 2. The summed E-state index contributed by atoms with van der Waals surface area (Å²) in [4.78, 5) is 0. The molecule has 27 heavy (non-hydrogen) atoms. The van der Waals surface area contributed by atoms with Crippen molar-refractivity contribution >= 4 is 35.4 Å². The van der Waals surface area contributed by atoms with Crippen LogP contribution in [0.1, 0.15) is 17.0 Å². The van der Waals surface area contributed by atoms with Crippen LogP contribution in [-0.4, -0.2) is 22.0 Å². The highest BCUT2D eigenvalue weighted by Gasteiger charge is 2.12. The SMILES string of the molecule is COc1cc(CNn2c(C)n[nH]c2=S)c(Cl)cc1OCc1ccc(Cl)cc1. The molecule has 0 fully saturated rings. The van der Waals surface area contributed by atoms with E-state index in [1.54, 1.807) is 17.9 Å². The van der Waals surface area contributed by atoms with Gasteiger partial charge in [-0.3, -0.25) is 5.10 Å². The number of ether oxygens (including phenoxy) is 2. The molecule has 6 nitrogen and oxygen atoms in total. The smallest absolute Gasteiger partial charge is 0.214 e. The number of rotatable bonds is 7. The molecular formula is C18H18Cl2N4O2S. The average molecular weight is 425 g/mol. The number of aromatic amines is 1. The Labute approximate surface area is 172 Å². The number of nitrogens with one attached hydrogen (secondary N) is 2. The molecule has 0 atom stereocenters.